The van der Waals surface area contributed by atoms with Crippen molar-refractivity contribution < 1.29 is 0 Å². The van der Waals surface area contributed by atoms with E-state index in [4.69, 9.17) is 0 Å². The molecule has 0 amide bonds. The molecule has 1 atom stereocenters. The van der Waals surface area contributed by atoms with Gasteiger partial charge in [0.2, 0.25) is 0 Å². The van der Waals surface area contributed by atoms with Gasteiger partial charge in [0.15, 0.2) is 0 Å². The van der Waals surface area contributed by atoms with Gasteiger partial charge in [-0.15, -0.1) is 0 Å². The van der Waals surface area contributed by atoms with Gasteiger partial charge in [0, 0.05) is 24.3 Å². The van der Waals surface area contributed by atoms with Crippen molar-refractivity contribution >= 4 is 5.69 Å². The molecule has 0 aliphatic carbocycles. The predicted octanol–water partition coefficient (Wildman–Crippen LogP) is 3.13. The number of hydrogen-bond donors (Lipinski definition) is 1. The number of nitrogens with zero attached hydrogens (tertiary/aromatic N) is 1. The second kappa shape index (κ2) is 4.93. The van der Waals surface area contributed by atoms with Crippen molar-refractivity contribution in [3.8, 4) is 0 Å². The second-order valence-corrected chi connectivity index (χ2v) is 6.47. The van der Waals surface area contributed by atoms with Crippen molar-refractivity contribution in [1.82, 2.24) is 5.32 Å². The lowest BCUT2D eigenvalue weighted by atomic mass is 10.0. The first-order valence-corrected chi connectivity index (χ1v) is 6.95. The first-order valence-electron chi connectivity index (χ1n) is 6.95. The minimum absolute atomic E-state index is 0.181. The van der Waals surface area contributed by atoms with E-state index in [1.54, 1.807) is 0 Å². The fourth-order valence-corrected chi connectivity index (χ4v) is 2.75. The van der Waals surface area contributed by atoms with Crippen LogP contribution in [0.5, 0.6) is 0 Å². The highest BCUT2D eigenvalue weighted by atomic mass is 15.2. The zero-order valence-corrected chi connectivity index (χ0v) is 12.4. The monoisotopic (exact) mass is 246 g/mol. The largest absolute Gasteiger partial charge is 0.369 e. The number of anilines is 1. The molecule has 2 rings (SSSR count). The van der Waals surface area contributed by atoms with Gasteiger partial charge in [-0.1, -0.05) is 19.1 Å². The van der Waals surface area contributed by atoms with E-state index < -0.39 is 0 Å². The molecule has 1 fully saturated rings. The van der Waals surface area contributed by atoms with Crippen LogP contribution in [0.25, 0.3) is 0 Å². The summed E-state index contributed by atoms with van der Waals surface area (Å²) in [6.45, 7) is 14.7. The fraction of sp³-hybridized carbons (Fsp3) is 0.625. The van der Waals surface area contributed by atoms with Gasteiger partial charge in [0.05, 0.1) is 0 Å². The average Bonchev–Trinajstić information content (AvgIpc) is 2.42. The molecule has 18 heavy (non-hydrogen) atoms. The molecule has 0 aromatic heterocycles. The summed E-state index contributed by atoms with van der Waals surface area (Å²) in [5.41, 5.74) is 4.39. The molecule has 0 spiro atoms. The van der Waals surface area contributed by atoms with Gasteiger partial charge in [0.1, 0.15) is 0 Å². The molecule has 1 aliphatic heterocycles. The molecule has 1 aliphatic rings. The number of hydrogen-bond acceptors (Lipinski definition) is 2. The molecule has 0 radical (unpaired) electrons. The Bertz CT molecular complexity index is 423. The number of nitrogens with one attached hydrogen (secondary N) is 1. The van der Waals surface area contributed by atoms with E-state index in [1.165, 1.54) is 16.8 Å². The molecule has 2 nitrogen and oxygen atoms in total. The smallest absolute Gasteiger partial charge is 0.0399 e. The van der Waals surface area contributed by atoms with E-state index >= 15 is 0 Å². The maximum absolute atomic E-state index is 3.66. The minimum Gasteiger partial charge on any atom is -0.369 e. The van der Waals surface area contributed by atoms with Crippen LogP contribution in [-0.2, 0) is 0 Å². The Hall–Kier alpha value is -1.02. The second-order valence-electron chi connectivity index (χ2n) is 6.47. The van der Waals surface area contributed by atoms with Crippen LogP contribution < -0.4 is 10.2 Å². The van der Waals surface area contributed by atoms with Crippen LogP contribution >= 0.6 is 0 Å². The van der Waals surface area contributed by atoms with Crippen molar-refractivity contribution in [2.45, 2.75) is 40.2 Å². The van der Waals surface area contributed by atoms with E-state index in [9.17, 15) is 0 Å². The van der Waals surface area contributed by atoms with Gasteiger partial charge in [-0.3, -0.25) is 0 Å². The minimum atomic E-state index is 0.181. The summed E-state index contributed by atoms with van der Waals surface area (Å²) in [5.74, 6) is 0.687. The van der Waals surface area contributed by atoms with Crippen molar-refractivity contribution in [3.05, 3.63) is 29.3 Å². The molecule has 1 saturated heterocycles. The van der Waals surface area contributed by atoms with Gasteiger partial charge < -0.3 is 10.2 Å². The maximum Gasteiger partial charge on any atom is 0.0399 e. The summed E-state index contributed by atoms with van der Waals surface area (Å²) in [6.07, 6.45) is 0. The Morgan fingerprint density at radius 3 is 2.72 bits per heavy atom. The molecular formula is C16H26N2. The standard InChI is InChI=1S/C16H26N2/c1-12-9-17-16(4,5)11-18(10-12)15-8-6-7-13(2)14(15)3/h6-8,12,17H,9-11H2,1-5H3. The van der Waals surface area contributed by atoms with Crippen LogP contribution in [0, 0.1) is 19.8 Å². The van der Waals surface area contributed by atoms with Crippen molar-refractivity contribution in [1.29, 1.82) is 0 Å². The summed E-state index contributed by atoms with van der Waals surface area (Å²) in [7, 11) is 0. The zero-order chi connectivity index (χ0) is 13.3. The number of benzene rings is 1. The summed E-state index contributed by atoms with van der Waals surface area (Å²) >= 11 is 0. The Kier molecular flexibility index (Phi) is 3.67. The predicted molar refractivity (Wildman–Crippen MR) is 79.4 cm³/mol. The van der Waals surface area contributed by atoms with Gasteiger partial charge in [-0.25, -0.2) is 0 Å². The maximum atomic E-state index is 3.66. The summed E-state index contributed by atoms with van der Waals surface area (Å²) in [5, 5.41) is 3.66. The van der Waals surface area contributed by atoms with Crippen LogP contribution in [0.1, 0.15) is 31.9 Å². The van der Waals surface area contributed by atoms with Crippen LogP contribution in [0.2, 0.25) is 0 Å². The molecule has 1 N–H and O–H groups in total. The van der Waals surface area contributed by atoms with E-state index in [0.717, 1.165) is 19.6 Å². The Balaban J connectivity index is 2.32. The lowest BCUT2D eigenvalue weighted by molar-refractivity contribution is 0.402. The Morgan fingerprint density at radius 1 is 1.28 bits per heavy atom. The molecular weight excluding hydrogens is 220 g/mol. The third-order valence-electron chi connectivity index (χ3n) is 3.96. The van der Waals surface area contributed by atoms with Crippen LogP contribution in [0.4, 0.5) is 5.69 Å². The highest BCUT2D eigenvalue weighted by molar-refractivity contribution is 5.56. The highest BCUT2D eigenvalue weighted by Gasteiger charge is 2.27. The van der Waals surface area contributed by atoms with Gasteiger partial charge in [0.25, 0.3) is 0 Å². The van der Waals surface area contributed by atoms with Gasteiger partial charge >= 0.3 is 0 Å². The normalized spacial score (nSPS) is 23.8. The van der Waals surface area contributed by atoms with Crippen molar-refractivity contribution in [3.63, 3.8) is 0 Å². The molecule has 0 saturated carbocycles. The number of aryl methyl sites for hydroxylation is 1. The van der Waals surface area contributed by atoms with Crippen molar-refractivity contribution in [2.75, 3.05) is 24.5 Å². The quantitative estimate of drug-likeness (QED) is 0.819. The Morgan fingerprint density at radius 2 is 2.00 bits per heavy atom. The van der Waals surface area contributed by atoms with Crippen LogP contribution in [0.3, 0.4) is 0 Å². The zero-order valence-electron chi connectivity index (χ0n) is 12.4. The topological polar surface area (TPSA) is 15.3 Å². The fourth-order valence-electron chi connectivity index (χ4n) is 2.75. The average molecular weight is 246 g/mol. The molecule has 1 aromatic carbocycles. The molecule has 100 valence electrons. The Labute approximate surface area is 111 Å². The molecule has 1 heterocycles. The summed E-state index contributed by atoms with van der Waals surface area (Å²) < 4.78 is 0. The van der Waals surface area contributed by atoms with Gasteiger partial charge in [-0.2, -0.15) is 0 Å². The van der Waals surface area contributed by atoms with E-state index in [-0.39, 0.29) is 5.54 Å². The molecule has 1 aromatic rings. The molecule has 0 bridgehead atoms. The molecule has 1 unspecified atom stereocenters. The summed E-state index contributed by atoms with van der Waals surface area (Å²) in [4.78, 5) is 2.55. The SMILES string of the molecule is Cc1cccc(N2CC(C)CNC(C)(C)C2)c1C. The lowest BCUT2D eigenvalue weighted by Crippen LogP contribution is -2.46. The van der Waals surface area contributed by atoms with E-state index in [1.807, 2.05) is 0 Å². The van der Waals surface area contributed by atoms with E-state index in [2.05, 4.69) is 63.0 Å². The third-order valence-corrected chi connectivity index (χ3v) is 3.96. The highest BCUT2D eigenvalue weighted by Crippen LogP contribution is 2.26. The van der Waals surface area contributed by atoms with E-state index in [0.29, 0.717) is 5.92 Å². The first-order chi connectivity index (χ1) is 8.39. The van der Waals surface area contributed by atoms with Gasteiger partial charge in [-0.05, 0) is 57.4 Å². The molecule has 2 heteroatoms. The third kappa shape index (κ3) is 2.86. The van der Waals surface area contributed by atoms with Crippen LogP contribution in [0.15, 0.2) is 18.2 Å². The first kappa shape index (κ1) is 13.4. The van der Waals surface area contributed by atoms with Crippen molar-refractivity contribution in [2.24, 2.45) is 5.92 Å². The van der Waals surface area contributed by atoms with Crippen LogP contribution in [-0.4, -0.2) is 25.2 Å². The lowest BCUT2D eigenvalue weighted by Gasteiger charge is -2.33. The number of rotatable bonds is 1. The summed E-state index contributed by atoms with van der Waals surface area (Å²) in [6, 6.07) is 6.63.